The highest BCUT2D eigenvalue weighted by Crippen LogP contribution is 2.36. The van der Waals surface area contributed by atoms with Crippen LogP contribution in [-0.4, -0.2) is 0 Å². The Bertz CT molecular complexity index is 1670. The van der Waals surface area contributed by atoms with Crippen LogP contribution in [0.2, 0.25) is 0 Å². The van der Waals surface area contributed by atoms with Crippen molar-refractivity contribution in [2.24, 2.45) is 0 Å². The quantitative estimate of drug-likeness (QED) is 0.269. The minimum Gasteiger partial charge on any atom is -0.460 e. The molecule has 136 valence electrons. The molecule has 0 saturated heterocycles. The Morgan fingerprint density at radius 2 is 0.933 bits per heavy atom. The van der Waals surface area contributed by atoms with E-state index < -0.39 is 0 Å². The summed E-state index contributed by atoms with van der Waals surface area (Å²) >= 11 is 0. The van der Waals surface area contributed by atoms with E-state index in [0.717, 1.165) is 32.3 Å². The van der Waals surface area contributed by atoms with E-state index in [2.05, 4.69) is 19.4 Å². The first kappa shape index (κ1) is 17.1. The molecule has 30 heavy (non-hydrogen) atoms. The number of fused-ring (bicyclic) bond motifs is 7. The van der Waals surface area contributed by atoms with Gasteiger partial charge in [0, 0.05) is 21.5 Å². The number of benzene rings is 3. The maximum atomic E-state index is 7.20. The van der Waals surface area contributed by atoms with Gasteiger partial charge in [-0.05, 0) is 35.0 Å². The van der Waals surface area contributed by atoms with Crippen LogP contribution in [-0.2, 0) is 0 Å². The lowest BCUT2D eigenvalue weighted by molar-refractivity contribution is 0.577. The van der Waals surface area contributed by atoms with Crippen molar-refractivity contribution in [2.45, 2.75) is 0 Å². The predicted molar refractivity (Wildman–Crippen MR) is 113 cm³/mol. The molecule has 5 rings (SSSR count). The Labute approximate surface area is 169 Å². The van der Waals surface area contributed by atoms with E-state index >= 15 is 0 Å². The van der Waals surface area contributed by atoms with Crippen LogP contribution < -0.4 is 10.8 Å². The van der Waals surface area contributed by atoms with Gasteiger partial charge in [-0.1, -0.05) is 24.3 Å². The predicted octanol–water partition coefficient (Wildman–Crippen LogP) is 5.29. The Morgan fingerprint density at radius 3 is 1.30 bits per heavy atom. The normalized spacial score (nSPS) is 10.5. The molecule has 6 heteroatoms. The highest BCUT2D eigenvalue weighted by Gasteiger charge is 2.17. The third-order valence-electron chi connectivity index (χ3n) is 5.02. The highest BCUT2D eigenvalue weighted by molar-refractivity contribution is 6.26. The van der Waals surface area contributed by atoms with E-state index in [1.165, 1.54) is 0 Å². The standard InChI is InChI=1S/C24H8N4O2/c1-25-23(26-2)19-11-15-17(29-19)9-7-13-5-6-14-8-10-18-16(22(14)21(13)15)12-20(30-18)24(27-3)28-4/h5-12H. The summed E-state index contributed by atoms with van der Waals surface area (Å²) in [6, 6.07) is 14.9. The lowest BCUT2D eigenvalue weighted by Gasteiger charge is -2.06. The van der Waals surface area contributed by atoms with Gasteiger partial charge in [0.15, 0.2) is 0 Å². The van der Waals surface area contributed by atoms with Gasteiger partial charge >= 0.3 is 11.6 Å². The molecule has 0 aliphatic heterocycles. The Morgan fingerprint density at radius 1 is 0.567 bits per heavy atom. The van der Waals surface area contributed by atoms with Crippen molar-refractivity contribution in [2.75, 3.05) is 0 Å². The number of nitrogens with zero attached hydrogens (tertiary/aromatic N) is 4. The Kier molecular flexibility index (Phi) is 3.56. The molecular formula is C24H8N4O2. The van der Waals surface area contributed by atoms with Crippen LogP contribution in [0.1, 0.15) is 0 Å². The molecular weight excluding hydrogens is 376 g/mol. The van der Waals surface area contributed by atoms with Gasteiger partial charge in [-0.3, -0.25) is 0 Å². The molecule has 0 amide bonds. The van der Waals surface area contributed by atoms with Crippen molar-refractivity contribution in [1.82, 2.24) is 0 Å². The van der Waals surface area contributed by atoms with Crippen molar-refractivity contribution < 1.29 is 8.83 Å². The smallest absolute Gasteiger partial charge is 0.460 e. The molecule has 0 N–H and O–H groups in total. The van der Waals surface area contributed by atoms with Crippen LogP contribution in [0, 0.1) is 26.3 Å². The third-order valence-corrected chi connectivity index (χ3v) is 5.02. The molecule has 0 atom stereocenters. The molecule has 5 aromatic rings. The van der Waals surface area contributed by atoms with E-state index in [4.69, 9.17) is 35.1 Å². The van der Waals surface area contributed by atoms with Crippen molar-refractivity contribution in [3.63, 3.8) is 0 Å². The first-order chi connectivity index (χ1) is 14.7. The summed E-state index contributed by atoms with van der Waals surface area (Å²) in [5.74, 6) is -0.243. The topological polar surface area (TPSA) is 43.7 Å². The van der Waals surface area contributed by atoms with Crippen LogP contribution in [0.15, 0.2) is 57.4 Å². The van der Waals surface area contributed by atoms with Gasteiger partial charge in [-0.2, -0.15) is 19.4 Å². The first-order valence-corrected chi connectivity index (χ1v) is 8.74. The van der Waals surface area contributed by atoms with Crippen LogP contribution in [0.25, 0.3) is 74.5 Å². The van der Waals surface area contributed by atoms with Crippen LogP contribution in [0.5, 0.6) is 0 Å². The van der Waals surface area contributed by atoms with Gasteiger partial charge in [-0.15, -0.1) is 0 Å². The second-order valence-corrected chi connectivity index (χ2v) is 6.53. The van der Waals surface area contributed by atoms with Gasteiger partial charge < -0.3 is 8.83 Å². The summed E-state index contributed by atoms with van der Waals surface area (Å²) in [6.45, 7) is 28.8. The third kappa shape index (κ3) is 2.26. The largest absolute Gasteiger partial charge is 0.562 e. The zero-order valence-corrected chi connectivity index (χ0v) is 15.2. The monoisotopic (exact) mass is 384 g/mol. The molecule has 6 nitrogen and oxygen atoms in total. The molecule has 0 fully saturated rings. The summed E-state index contributed by atoms with van der Waals surface area (Å²) in [5.41, 5.74) is 1.61. The van der Waals surface area contributed by atoms with Gasteiger partial charge in [0.05, 0.1) is 0 Å². The molecule has 3 aromatic carbocycles. The zero-order chi connectivity index (χ0) is 20.8. The van der Waals surface area contributed by atoms with E-state index in [1.54, 1.807) is 12.1 Å². The maximum Gasteiger partial charge on any atom is 0.562 e. The number of furan rings is 2. The van der Waals surface area contributed by atoms with Gasteiger partial charge in [0.2, 0.25) is 10.8 Å². The fourth-order valence-electron chi connectivity index (χ4n) is 3.76. The van der Waals surface area contributed by atoms with E-state index in [9.17, 15) is 0 Å². The molecule has 2 heterocycles. The summed E-state index contributed by atoms with van der Waals surface area (Å²) < 4.78 is 11.6. The number of hydrogen-bond acceptors (Lipinski definition) is 2. The average Bonchev–Trinajstić information content (AvgIpc) is 3.39. The molecule has 0 saturated carbocycles. The summed E-state index contributed by atoms with van der Waals surface area (Å²) in [7, 11) is 0. The van der Waals surface area contributed by atoms with E-state index in [1.807, 2.05) is 36.4 Å². The Balaban J connectivity index is 2.08. The van der Waals surface area contributed by atoms with Gasteiger partial charge in [-0.25, -0.2) is 0 Å². The number of hydrogen-bond donors (Lipinski definition) is 0. The van der Waals surface area contributed by atoms with Gasteiger partial charge in [0.25, 0.3) is 0 Å². The second kappa shape index (κ2) is 6.25. The molecule has 0 aliphatic rings. The van der Waals surface area contributed by atoms with Crippen molar-refractivity contribution in [3.05, 3.63) is 105 Å². The van der Waals surface area contributed by atoms with E-state index in [-0.39, 0.29) is 22.5 Å². The molecule has 0 unspecified atom stereocenters. The molecule has 0 radical (unpaired) electrons. The Hall–Kier alpha value is -5.04. The fourth-order valence-corrected chi connectivity index (χ4v) is 3.76. The fraction of sp³-hybridized carbons (Fsp3) is 0. The minimum absolute atomic E-state index is 0.122. The highest BCUT2D eigenvalue weighted by atomic mass is 16.3. The molecule has 0 aliphatic carbocycles. The van der Waals surface area contributed by atoms with Crippen molar-refractivity contribution in [3.8, 4) is 0 Å². The average molecular weight is 384 g/mol. The van der Waals surface area contributed by atoms with Crippen LogP contribution in [0.3, 0.4) is 0 Å². The van der Waals surface area contributed by atoms with Crippen molar-refractivity contribution in [1.29, 1.82) is 0 Å². The first-order valence-electron chi connectivity index (χ1n) is 8.74. The molecule has 2 aromatic heterocycles. The van der Waals surface area contributed by atoms with Crippen LogP contribution in [0.4, 0.5) is 0 Å². The summed E-state index contributed by atoms with van der Waals surface area (Å²) in [5, 5.41) is 5.30. The zero-order valence-electron chi connectivity index (χ0n) is 15.2. The summed E-state index contributed by atoms with van der Waals surface area (Å²) in [4.78, 5) is 13.0. The maximum absolute atomic E-state index is 7.20. The second-order valence-electron chi connectivity index (χ2n) is 6.53. The van der Waals surface area contributed by atoms with Crippen LogP contribution >= 0.6 is 0 Å². The molecule has 0 bridgehead atoms. The lowest BCUT2D eigenvalue weighted by Crippen LogP contribution is -1.94. The van der Waals surface area contributed by atoms with Crippen molar-refractivity contribution >= 4 is 55.1 Å². The number of rotatable bonds is 0. The summed E-state index contributed by atoms with van der Waals surface area (Å²) in [6.07, 6.45) is 0. The minimum atomic E-state index is -0.122. The lowest BCUT2D eigenvalue weighted by atomic mass is 9.97. The molecule has 0 spiro atoms. The van der Waals surface area contributed by atoms with Gasteiger partial charge in [0.1, 0.15) is 37.5 Å². The SMILES string of the molecule is [C-]#[N+]C([N+]#[C-])=c1cc2c(ccc3ccc4ccc5oc(=C([N+]#[C-])[N+]#[C-])cc5c4c32)o1. The van der Waals surface area contributed by atoms with E-state index in [0.29, 0.717) is 11.2 Å².